The van der Waals surface area contributed by atoms with E-state index in [-0.39, 0.29) is 5.56 Å². The van der Waals surface area contributed by atoms with E-state index in [0.29, 0.717) is 23.5 Å². The van der Waals surface area contributed by atoms with E-state index < -0.39 is 5.97 Å². The lowest BCUT2D eigenvalue weighted by atomic mass is 10.2. The van der Waals surface area contributed by atoms with Crippen molar-refractivity contribution in [2.24, 2.45) is 0 Å². The second kappa shape index (κ2) is 7.68. The van der Waals surface area contributed by atoms with Crippen LogP contribution in [0, 0.1) is 0 Å². The lowest BCUT2D eigenvalue weighted by Crippen LogP contribution is -2.01. The third kappa shape index (κ3) is 4.78. The van der Waals surface area contributed by atoms with Crippen molar-refractivity contribution in [2.75, 3.05) is 12.4 Å². The molecule has 0 fully saturated rings. The molecule has 0 aliphatic heterocycles. The summed E-state index contributed by atoms with van der Waals surface area (Å²) in [4.78, 5) is 10.8. The third-order valence-electron chi connectivity index (χ3n) is 2.61. The van der Waals surface area contributed by atoms with Crippen LogP contribution < -0.4 is 4.74 Å². The minimum absolute atomic E-state index is 0.222. The minimum Gasteiger partial charge on any atom is -0.494 e. The number of hydrogen-bond acceptors (Lipinski definition) is 6. The van der Waals surface area contributed by atoms with Crippen LogP contribution in [0.5, 0.6) is 5.75 Å². The first-order valence-electron chi connectivity index (χ1n) is 6.60. The predicted molar refractivity (Wildman–Crippen MR) is 77.9 cm³/mol. The topological polar surface area (TPSA) is 85.5 Å². The Labute approximate surface area is 126 Å². The van der Waals surface area contributed by atoms with Crippen LogP contribution in [-0.4, -0.2) is 33.6 Å². The molecule has 112 valence electrons. The molecule has 0 spiro atoms. The highest BCUT2D eigenvalue weighted by Crippen LogP contribution is 2.18. The maximum absolute atomic E-state index is 10.8. The van der Waals surface area contributed by atoms with E-state index in [1.165, 1.54) is 23.9 Å². The van der Waals surface area contributed by atoms with Crippen LogP contribution in [0.1, 0.15) is 29.6 Å². The Morgan fingerprint density at radius 3 is 3.00 bits per heavy atom. The van der Waals surface area contributed by atoms with Gasteiger partial charge in [0.1, 0.15) is 5.75 Å². The molecule has 0 aliphatic carbocycles. The monoisotopic (exact) mass is 308 g/mol. The van der Waals surface area contributed by atoms with Gasteiger partial charge in [0.05, 0.1) is 12.2 Å². The molecule has 0 atom stereocenters. The number of aromatic nitrogens is 2. The average Bonchev–Trinajstić information content (AvgIpc) is 2.95. The van der Waals surface area contributed by atoms with Crippen LogP contribution >= 0.6 is 11.8 Å². The van der Waals surface area contributed by atoms with E-state index >= 15 is 0 Å². The molecule has 1 aromatic heterocycles. The minimum atomic E-state index is -0.959. The number of rotatable bonds is 8. The summed E-state index contributed by atoms with van der Waals surface area (Å²) in [6.45, 7) is 2.46. The van der Waals surface area contributed by atoms with Gasteiger partial charge >= 0.3 is 5.97 Å². The van der Waals surface area contributed by atoms with Gasteiger partial charge in [-0.1, -0.05) is 24.8 Å². The fourth-order valence-electron chi connectivity index (χ4n) is 1.57. The molecule has 1 heterocycles. The van der Waals surface area contributed by atoms with Gasteiger partial charge < -0.3 is 14.3 Å². The summed E-state index contributed by atoms with van der Waals surface area (Å²) < 4.78 is 10.9. The zero-order valence-electron chi connectivity index (χ0n) is 11.6. The molecule has 1 N–H and O–H groups in total. The van der Waals surface area contributed by atoms with Gasteiger partial charge in [0, 0.05) is 12.2 Å². The average molecular weight is 308 g/mol. The number of aryl methyl sites for hydroxylation is 1. The summed E-state index contributed by atoms with van der Waals surface area (Å²) in [7, 11) is 0. The number of carboxylic acids is 1. The van der Waals surface area contributed by atoms with E-state index in [0.717, 1.165) is 18.6 Å². The Morgan fingerprint density at radius 2 is 2.29 bits per heavy atom. The first-order valence-corrected chi connectivity index (χ1v) is 7.59. The summed E-state index contributed by atoms with van der Waals surface area (Å²) in [5.41, 5.74) is 0.222. The van der Waals surface area contributed by atoms with Gasteiger partial charge in [-0.25, -0.2) is 4.79 Å². The van der Waals surface area contributed by atoms with Gasteiger partial charge in [-0.15, -0.1) is 10.2 Å². The molecule has 1 aromatic carbocycles. The molecule has 0 aliphatic rings. The quantitative estimate of drug-likeness (QED) is 0.592. The number of carboxylic acid groups (broad SMARTS) is 1. The molecule has 7 heteroatoms. The number of nitrogens with zero attached hydrogens (tertiary/aromatic N) is 2. The zero-order chi connectivity index (χ0) is 15.1. The van der Waals surface area contributed by atoms with Crippen molar-refractivity contribution in [2.45, 2.75) is 25.0 Å². The van der Waals surface area contributed by atoms with Crippen molar-refractivity contribution >= 4 is 17.7 Å². The number of aromatic carboxylic acids is 1. The second-order valence-corrected chi connectivity index (χ2v) is 5.24. The van der Waals surface area contributed by atoms with Crippen molar-refractivity contribution in [1.29, 1.82) is 0 Å². The van der Waals surface area contributed by atoms with E-state index in [2.05, 4.69) is 10.2 Å². The Kier molecular flexibility index (Phi) is 5.62. The number of carbonyl (C=O) groups is 1. The van der Waals surface area contributed by atoms with Crippen LogP contribution in [0.4, 0.5) is 0 Å². The summed E-state index contributed by atoms with van der Waals surface area (Å²) >= 11 is 1.49. The van der Waals surface area contributed by atoms with Crippen LogP contribution in [0.2, 0.25) is 0 Å². The highest BCUT2D eigenvalue weighted by molar-refractivity contribution is 7.99. The summed E-state index contributed by atoms with van der Waals surface area (Å²) in [5.74, 6) is 1.04. The molecule has 0 saturated heterocycles. The fourth-order valence-corrected chi connectivity index (χ4v) is 2.26. The van der Waals surface area contributed by atoms with Crippen LogP contribution in [0.25, 0.3) is 0 Å². The molecule has 0 unspecified atom stereocenters. The lowest BCUT2D eigenvalue weighted by molar-refractivity contribution is 0.0696. The molecule has 0 bridgehead atoms. The van der Waals surface area contributed by atoms with Gasteiger partial charge in [-0.3, -0.25) is 0 Å². The van der Waals surface area contributed by atoms with Crippen molar-refractivity contribution in [3.05, 3.63) is 35.7 Å². The first kappa shape index (κ1) is 15.4. The van der Waals surface area contributed by atoms with E-state index in [1.54, 1.807) is 12.1 Å². The van der Waals surface area contributed by atoms with Crippen molar-refractivity contribution in [3.63, 3.8) is 0 Å². The summed E-state index contributed by atoms with van der Waals surface area (Å²) in [5, 5.41) is 17.3. The SMILES string of the molecule is CCc1nnc(SCCCOc2cccc(C(=O)O)c2)o1. The maximum atomic E-state index is 10.8. The van der Waals surface area contributed by atoms with Gasteiger partial charge in [-0.05, 0) is 24.6 Å². The standard InChI is InChI=1S/C14H16N2O4S/c1-2-12-15-16-14(20-12)21-8-4-7-19-11-6-3-5-10(9-11)13(17)18/h3,5-6,9H,2,4,7-8H2,1H3,(H,17,18). The molecular formula is C14H16N2O4S. The molecule has 2 aromatic rings. The Balaban J connectivity index is 1.70. The van der Waals surface area contributed by atoms with Crippen molar-refractivity contribution in [1.82, 2.24) is 10.2 Å². The van der Waals surface area contributed by atoms with E-state index in [9.17, 15) is 4.79 Å². The highest BCUT2D eigenvalue weighted by Gasteiger charge is 2.05. The van der Waals surface area contributed by atoms with Gasteiger partial charge in [0.15, 0.2) is 0 Å². The molecule has 6 nitrogen and oxygen atoms in total. The first-order chi connectivity index (χ1) is 10.2. The predicted octanol–water partition coefficient (Wildman–Crippen LogP) is 2.89. The zero-order valence-corrected chi connectivity index (χ0v) is 12.4. The Bertz CT molecular complexity index is 600. The van der Waals surface area contributed by atoms with Crippen molar-refractivity contribution < 1.29 is 19.1 Å². The van der Waals surface area contributed by atoms with Crippen LogP contribution in [0.15, 0.2) is 33.9 Å². The summed E-state index contributed by atoms with van der Waals surface area (Å²) in [6, 6.07) is 6.45. The fraction of sp³-hybridized carbons (Fsp3) is 0.357. The normalized spacial score (nSPS) is 10.5. The largest absolute Gasteiger partial charge is 0.494 e. The molecule has 0 amide bonds. The Morgan fingerprint density at radius 1 is 1.43 bits per heavy atom. The van der Waals surface area contributed by atoms with Crippen LogP contribution in [-0.2, 0) is 6.42 Å². The number of hydrogen-bond donors (Lipinski definition) is 1. The molecule has 21 heavy (non-hydrogen) atoms. The van der Waals surface area contributed by atoms with Crippen LogP contribution in [0.3, 0.4) is 0 Å². The summed E-state index contributed by atoms with van der Waals surface area (Å²) in [6.07, 6.45) is 1.53. The van der Waals surface area contributed by atoms with Gasteiger partial charge in [-0.2, -0.15) is 0 Å². The van der Waals surface area contributed by atoms with Gasteiger partial charge in [0.2, 0.25) is 5.89 Å². The Hall–Kier alpha value is -2.02. The molecule has 0 saturated carbocycles. The highest BCUT2D eigenvalue weighted by atomic mass is 32.2. The maximum Gasteiger partial charge on any atom is 0.335 e. The number of thioether (sulfide) groups is 1. The second-order valence-electron chi connectivity index (χ2n) is 4.20. The van der Waals surface area contributed by atoms with Gasteiger partial charge in [0.25, 0.3) is 5.22 Å². The van der Waals surface area contributed by atoms with Crippen molar-refractivity contribution in [3.8, 4) is 5.75 Å². The smallest absolute Gasteiger partial charge is 0.335 e. The molecule has 0 radical (unpaired) electrons. The number of ether oxygens (including phenoxy) is 1. The lowest BCUT2D eigenvalue weighted by Gasteiger charge is -2.05. The third-order valence-corrected chi connectivity index (χ3v) is 3.52. The van der Waals surface area contributed by atoms with E-state index in [4.69, 9.17) is 14.3 Å². The molecular weight excluding hydrogens is 292 g/mol. The number of benzene rings is 1. The molecule has 2 rings (SSSR count). The van der Waals surface area contributed by atoms with E-state index in [1.807, 2.05) is 6.92 Å².